The fourth-order valence-electron chi connectivity index (χ4n) is 2.24. The summed E-state index contributed by atoms with van der Waals surface area (Å²) in [7, 11) is 1.97. The Balaban J connectivity index is 1.92. The van der Waals surface area contributed by atoms with Gasteiger partial charge in [0.2, 0.25) is 0 Å². The molecule has 0 bridgehead atoms. The van der Waals surface area contributed by atoms with Crippen molar-refractivity contribution in [3.63, 3.8) is 0 Å². The fraction of sp³-hybridized carbons (Fsp3) is 0.429. The van der Waals surface area contributed by atoms with Gasteiger partial charge in [0.25, 0.3) is 0 Å². The quantitative estimate of drug-likeness (QED) is 0.603. The minimum Gasteiger partial charge on any atom is -0.272 e. The van der Waals surface area contributed by atoms with Crippen molar-refractivity contribution < 1.29 is 0 Å². The van der Waals surface area contributed by atoms with Crippen LogP contribution in [0.4, 0.5) is 0 Å². The van der Waals surface area contributed by atoms with Gasteiger partial charge in [-0.3, -0.25) is 20.9 Å². The number of nitrogens with zero attached hydrogens (tertiary/aromatic N) is 3. The molecular formula is C14H21N5. The minimum absolute atomic E-state index is 0.253. The maximum atomic E-state index is 5.65. The van der Waals surface area contributed by atoms with Crippen LogP contribution in [-0.4, -0.2) is 20.8 Å². The molecule has 0 spiro atoms. The molecule has 0 aliphatic carbocycles. The van der Waals surface area contributed by atoms with Gasteiger partial charge in [0.05, 0.1) is 5.69 Å². The molecule has 2 heterocycles. The Labute approximate surface area is 113 Å². The maximum absolute atomic E-state index is 5.65. The Morgan fingerprint density at radius 2 is 2.11 bits per heavy atom. The van der Waals surface area contributed by atoms with Crippen LogP contribution in [0.1, 0.15) is 23.4 Å². The third kappa shape index (κ3) is 3.87. The molecule has 0 saturated carbocycles. The molecule has 0 fully saturated rings. The second kappa shape index (κ2) is 6.45. The highest BCUT2D eigenvalue weighted by Crippen LogP contribution is 2.10. The number of hydrogen-bond donors (Lipinski definition) is 2. The van der Waals surface area contributed by atoms with Gasteiger partial charge < -0.3 is 0 Å². The van der Waals surface area contributed by atoms with Gasteiger partial charge in [-0.15, -0.1) is 0 Å². The second-order valence-corrected chi connectivity index (χ2v) is 4.86. The molecule has 0 aliphatic heterocycles. The monoisotopic (exact) mass is 259 g/mol. The molecule has 102 valence electrons. The first-order valence-corrected chi connectivity index (χ1v) is 6.53. The third-order valence-corrected chi connectivity index (χ3v) is 3.32. The van der Waals surface area contributed by atoms with Gasteiger partial charge in [0, 0.05) is 37.6 Å². The molecule has 1 unspecified atom stereocenters. The molecule has 2 rings (SSSR count). The summed E-state index contributed by atoms with van der Waals surface area (Å²) in [6.45, 7) is 2.01. The minimum atomic E-state index is 0.253. The van der Waals surface area contributed by atoms with Crippen molar-refractivity contribution in [2.24, 2.45) is 12.9 Å². The summed E-state index contributed by atoms with van der Waals surface area (Å²) in [5, 5.41) is 4.36. The van der Waals surface area contributed by atoms with Crippen LogP contribution in [0.3, 0.4) is 0 Å². The highest BCUT2D eigenvalue weighted by atomic mass is 15.3. The highest BCUT2D eigenvalue weighted by Gasteiger charge is 2.11. The number of aromatic nitrogens is 3. The fourth-order valence-corrected chi connectivity index (χ4v) is 2.24. The first kappa shape index (κ1) is 13.7. The van der Waals surface area contributed by atoms with Gasteiger partial charge in [-0.2, -0.15) is 5.10 Å². The number of hydrazine groups is 1. The van der Waals surface area contributed by atoms with E-state index in [1.54, 1.807) is 0 Å². The number of nitrogens with two attached hydrogens (primary N) is 1. The van der Waals surface area contributed by atoms with Crippen LogP contribution in [0.25, 0.3) is 0 Å². The average Bonchev–Trinajstić information content (AvgIpc) is 2.74. The van der Waals surface area contributed by atoms with Crippen molar-refractivity contribution in [1.82, 2.24) is 20.2 Å². The number of nitrogens with one attached hydrogen (secondary N) is 1. The summed E-state index contributed by atoms with van der Waals surface area (Å²) in [5.74, 6) is 5.65. The molecule has 0 aromatic carbocycles. The standard InChI is InChI=1S/C14H21N5/c1-11-9-14(19(2)18-11)10-13(17-15)4-3-12-5-7-16-8-6-12/h5-9,13,17H,3-4,10,15H2,1-2H3. The summed E-state index contributed by atoms with van der Waals surface area (Å²) in [6.07, 6.45) is 6.52. The zero-order chi connectivity index (χ0) is 13.7. The third-order valence-electron chi connectivity index (χ3n) is 3.32. The number of pyridine rings is 1. The molecule has 5 nitrogen and oxygen atoms in total. The van der Waals surface area contributed by atoms with Gasteiger partial charge >= 0.3 is 0 Å². The van der Waals surface area contributed by atoms with E-state index in [0.29, 0.717) is 0 Å². The lowest BCUT2D eigenvalue weighted by molar-refractivity contribution is 0.477. The van der Waals surface area contributed by atoms with Crippen LogP contribution in [-0.2, 0) is 19.9 Å². The zero-order valence-corrected chi connectivity index (χ0v) is 11.5. The van der Waals surface area contributed by atoms with Crippen molar-refractivity contribution >= 4 is 0 Å². The molecule has 1 atom stereocenters. The Morgan fingerprint density at radius 1 is 1.37 bits per heavy atom. The van der Waals surface area contributed by atoms with Crippen molar-refractivity contribution in [1.29, 1.82) is 0 Å². The molecule has 5 heteroatoms. The van der Waals surface area contributed by atoms with Crippen LogP contribution in [0.2, 0.25) is 0 Å². The van der Waals surface area contributed by atoms with E-state index in [2.05, 4.69) is 21.6 Å². The number of rotatable bonds is 6. The van der Waals surface area contributed by atoms with Crippen LogP contribution in [0.15, 0.2) is 30.6 Å². The van der Waals surface area contributed by atoms with Crippen molar-refractivity contribution in [3.05, 3.63) is 47.5 Å². The summed E-state index contributed by atoms with van der Waals surface area (Å²) >= 11 is 0. The van der Waals surface area contributed by atoms with E-state index in [1.807, 2.05) is 43.2 Å². The molecular weight excluding hydrogens is 238 g/mol. The molecule has 0 amide bonds. The second-order valence-electron chi connectivity index (χ2n) is 4.86. The highest BCUT2D eigenvalue weighted by molar-refractivity contribution is 5.12. The van der Waals surface area contributed by atoms with E-state index in [-0.39, 0.29) is 6.04 Å². The molecule has 0 saturated heterocycles. The lowest BCUT2D eigenvalue weighted by Crippen LogP contribution is -2.37. The topological polar surface area (TPSA) is 68.8 Å². The van der Waals surface area contributed by atoms with Crippen LogP contribution in [0.5, 0.6) is 0 Å². The van der Waals surface area contributed by atoms with Crippen LogP contribution < -0.4 is 11.3 Å². The lowest BCUT2D eigenvalue weighted by Gasteiger charge is -2.15. The molecule has 2 aromatic heterocycles. The van der Waals surface area contributed by atoms with Gasteiger partial charge in [0.15, 0.2) is 0 Å². The van der Waals surface area contributed by atoms with Gasteiger partial charge in [-0.25, -0.2) is 0 Å². The van der Waals surface area contributed by atoms with Gasteiger partial charge in [-0.1, -0.05) is 0 Å². The van der Waals surface area contributed by atoms with Gasteiger partial charge in [0.1, 0.15) is 0 Å². The first-order chi connectivity index (χ1) is 9.19. The van der Waals surface area contributed by atoms with Crippen LogP contribution >= 0.6 is 0 Å². The molecule has 2 aromatic rings. The van der Waals surface area contributed by atoms with Crippen molar-refractivity contribution in [2.75, 3.05) is 0 Å². The Hall–Kier alpha value is -1.72. The SMILES string of the molecule is Cc1cc(CC(CCc2ccncc2)NN)n(C)n1. The van der Waals surface area contributed by atoms with Crippen molar-refractivity contribution in [2.45, 2.75) is 32.2 Å². The lowest BCUT2D eigenvalue weighted by atomic mass is 10.0. The van der Waals surface area contributed by atoms with E-state index in [4.69, 9.17) is 5.84 Å². The summed E-state index contributed by atoms with van der Waals surface area (Å²) in [4.78, 5) is 4.02. The average molecular weight is 259 g/mol. The van der Waals surface area contributed by atoms with Gasteiger partial charge in [-0.05, 0) is 43.5 Å². The Bertz CT molecular complexity index is 506. The van der Waals surface area contributed by atoms with Crippen LogP contribution in [0, 0.1) is 6.92 Å². The molecule has 0 radical (unpaired) electrons. The molecule has 0 aliphatic rings. The van der Waals surface area contributed by atoms with E-state index in [1.165, 1.54) is 11.3 Å². The first-order valence-electron chi connectivity index (χ1n) is 6.53. The predicted molar refractivity (Wildman–Crippen MR) is 75.3 cm³/mol. The Kier molecular flexibility index (Phi) is 4.65. The normalized spacial score (nSPS) is 12.6. The maximum Gasteiger partial charge on any atom is 0.0596 e. The summed E-state index contributed by atoms with van der Waals surface area (Å²) in [5.41, 5.74) is 6.44. The molecule has 3 N–H and O–H groups in total. The zero-order valence-electron chi connectivity index (χ0n) is 11.5. The van der Waals surface area contributed by atoms with E-state index in [9.17, 15) is 0 Å². The number of hydrogen-bond acceptors (Lipinski definition) is 4. The van der Waals surface area contributed by atoms with E-state index >= 15 is 0 Å². The summed E-state index contributed by atoms with van der Waals surface area (Å²) < 4.78 is 1.92. The van der Waals surface area contributed by atoms with E-state index in [0.717, 1.165) is 25.0 Å². The largest absolute Gasteiger partial charge is 0.272 e. The van der Waals surface area contributed by atoms with Crippen molar-refractivity contribution in [3.8, 4) is 0 Å². The number of aryl methyl sites for hydroxylation is 3. The van der Waals surface area contributed by atoms with E-state index < -0.39 is 0 Å². The molecule has 19 heavy (non-hydrogen) atoms. The summed E-state index contributed by atoms with van der Waals surface area (Å²) in [6, 6.07) is 6.45. The predicted octanol–water partition coefficient (Wildman–Crippen LogP) is 1.13. The smallest absolute Gasteiger partial charge is 0.0596 e. The Morgan fingerprint density at radius 3 is 2.68 bits per heavy atom.